The van der Waals surface area contributed by atoms with E-state index in [4.69, 9.17) is 4.74 Å². The number of ether oxygens (including phenoxy) is 1. The maximum atomic E-state index is 12.0. The Kier molecular flexibility index (Phi) is 4.89. The number of nitrogens with one attached hydrogen (secondary N) is 2. The molecule has 2 rings (SSSR count). The Bertz CT molecular complexity index is 561. The molecule has 0 unspecified atom stereocenters. The zero-order valence-corrected chi connectivity index (χ0v) is 11.7. The predicted molar refractivity (Wildman–Crippen MR) is 73.2 cm³/mol. The lowest BCUT2D eigenvalue weighted by atomic mass is 10.2. The van der Waals surface area contributed by atoms with Gasteiger partial charge in [0.25, 0.3) is 5.91 Å². The Morgan fingerprint density at radius 3 is 3.10 bits per heavy atom. The minimum atomic E-state index is -0.116. The second-order valence-electron chi connectivity index (χ2n) is 4.49. The third-order valence-corrected chi connectivity index (χ3v) is 3.05. The number of hydrogen-bond donors (Lipinski definition) is 2. The van der Waals surface area contributed by atoms with Crippen molar-refractivity contribution in [3.8, 4) is 0 Å². The summed E-state index contributed by atoms with van der Waals surface area (Å²) in [6, 6.07) is 1.76. The summed E-state index contributed by atoms with van der Waals surface area (Å²) in [5.74, 6) is 0.623. The van der Waals surface area contributed by atoms with Crippen LogP contribution in [0.3, 0.4) is 0 Å². The number of hydrogen-bond acceptors (Lipinski definition) is 4. The van der Waals surface area contributed by atoms with Crippen LogP contribution in [0.2, 0.25) is 0 Å². The van der Waals surface area contributed by atoms with Crippen molar-refractivity contribution >= 4 is 5.91 Å². The van der Waals surface area contributed by atoms with Crippen molar-refractivity contribution in [2.24, 2.45) is 0 Å². The lowest BCUT2D eigenvalue weighted by Crippen LogP contribution is -2.25. The van der Waals surface area contributed by atoms with Crippen molar-refractivity contribution in [2.45, 2.75) is 26.4 Å². The van der Waals surface area contributed by atoms with Gasteiger partial charge in [-0.15, -0.1) is 10.2 Å². The topological polar surface area (TPSA) is 84.8 Å². The zero-order chi connectivity index (χ0) is 14.4. The van der Waals surface area contributed by atoms with Crippen LogP contribution in [0.4, 0.5) is 0 Å². The van der Waals surface area contributed by atoms with E-state index < -0.39 is 0 Å². The summed E-state index contributed by atoms with van der Waals surface area (Å²) in [5.41, 5.74) is 1.50. The molecule has 108 valence electrons. The van der Waals surface area contributed by atoms with Crippen LogP contribution < -0.4 is 5.32 Å². The summed E-state index contributed by atoms with van der Waals surface area (Å²) < 4.78 is 6.93. The number of aromatic nitrogens is 4. The molecule has 20 heavy (non-hydrogen) atoms. The standard InChI is InChI=1S/C13H19N5O2/c1-10-11(4-5-14-10)13(19)15-8-12-17-16-9-18(12)6-3-7-20-2/h4-5,9,14H,3,6-8H2,1-2H3,(H,15,19). The van der Waals surface area contributed by atoms with E-state index in [1.807, 2.05) is 11.5 Å². The molecule has 0 spiro atoms. The number of amides is 1. The molecule has 0 atom stereocenters. The van der Waals surface area contributed by atoms with Gasteiger partial charge in [-0.25, -0.2) is 0 Å². The second-order valence-corrected chi connectivity index (χ2v) is 4.49. The van der Waals surface area contributed by atoms with Gasteiger partial charge in [0.1, 0.15) is 6.33 Å². The van der Waals surface area contributed by atoms with Crippen LogP contribution in [-0.4, -0.2) is 39.4 Å². The SMILES string of the molecule is COCCCn1cnnc1CNC(=O)c1cc[nH]c1C. The van der Waals surface area contributed by atoms with Crippen molar-refractivity contribution in [3.63, 3.8) is 0 Å². The van der Waals surface area contributed by atoms with Crippen molar-refractivity contribution in [1.29, 1.82) is 0 Å². The monoisotopic (exact) mass is 277 g/mol. The fourth-order valence-corrected chi connectivity index (χ4v) is 1.94. The van der Waals surface area contributed by atoms with Gasteiger partial charge < -0.3 is 19.6 Å². The number of nitrogens with zero attached hydrogens (tertiary/aromatic N) is 3. The maximum Gasteiger partial charge on any atom is 0.253 e. The highest BCUT2D eigenvalue weighted by Crippen LogP contribution is 2.05. The van der Waals surface area contributed by atoms with E-state index in [2.05, 4.69) is 20.5 Å². The van der Waals surface area contributed by atoms with E-state index in [9.17, 15) is 4.79 Å². The van der Waals surface area contributed by atoms with Crippen molar-refractivity contribution in [1.82, 2.24) is 25.1 Å². The first-order valence-corrected chi connectivity index (χ1v) is 6.50. The van der Waals surface area contributed by atoms with Crippen LogP contribution in [0.15, 0.2) is 18.6 Å². The van der Waals surface area contributed by atoms with E-state index in [1.165, 1.54) is 0 Å². The first-order valence-electron chi connectivity index (χ1n) is 6.50. The predicted octanol–water partition coefficient (Wildman–Crippen LogP) is 0.881. The van der Waals surface area contributed by atoms with Gasteiger partial charge in [0.05, 0.1) is 12.1 Å². The van der Waals surface area contributed by atoms with Gasteiger partial charge in [0, 0.05) is 32.2 Å². The van der Waals surface area contributed by atoms with E-state index in [0.29, 0.717) is 18.7 Å². The average Bonchev–Trinajstić information content (AvgIpc) is 3.05. The van der Waals surface area contributed by atoms with Gasteiger partial charge >= 0.3 is 0 Å². The fourth-order valence-electron chi connectivity index (χ4n) is 1.94. The molecule has 0 aliphatic carbocycles. The van der Waals surface area contributed by atoms with Gasteiger partial charge in [0.15, 0.2) is 5.82 Å². The zero-order valence-electron chi connectivity index (χ0n) is 11.7. The highest BCUT2D eigenvalue weighted by molar-refractivity contribution is 5.95. The van der Waals surface area contributed by atoms with Crippen LogP contribution in [0.1, 0.15) is 28.3 Å². The Morgan fingerprint density at radius 1 is 1.55 bits per heavy atom. The average molecular weight is 277 g/mol. The van der Waals surface area contributed by atoms with E-state index >= 15 is 0 Å². The second kappa shape index (κ2) is 6.85. The highest BCUT2D eigenvalue weighted by Gasteiger charge is 2.11. The third kappa shape index (κ3) is 3.45. The number of methoxy groups -OCH3 is 1. The molecule has 2 aromatic rings. The molecule has 7 heteroatoms. The molecule has 0 radical (unpaired) electrons. The summed E-state index contributed by atoms with van der Waals surface area (Å²) in [7, 11) is 1.67. The molecule has 0 aromatic carbocycles. The van der Waals surface area contributed by atoms with Crippen LogP contribution in [-0.2, 0) is 17.8 Å². The molecule has 2 aromatic heterocycles. The van der Waals surface area contributed by atoms with Crippen molar-refractivity contribution in [2.75, 3.05) is 13.7 Å². The number of H-pyrrole nitrogens is 1. The van der Waals surface area contributed by atoms with E-state index in [-0.39, 0.29) is 5.91 Å². The van der Waals surface area contributed by atoms with Gasteiger partial charge in [-0.3, -0.25) is 4.79 Å². The van der Waals surface area contributed by atoms with Gasteiger partial charge in [-0.2, -0.15) is 0 Å². The molecule has 0 aliphatic heterocycles. The number of rotatable bonds is 7. The van der Waals surface area contributed by atoms with Gasteiger partial charge in [-0.1, -0.05) is 0 Å². The molecule has 0 saturated heterocycles. The quantitative estimate of drug-likeness (QED) is 0.736. The Labute approximate surface area is 117 Å². The van der Waals surface area contributed by atoms with Crippen molar-refractivity contribution in [3.05, 3.63) is 35.7 Å². The summed E-state index contributed by atoms with van der Waals surface area (Å²) >= 11 is 0. The molecule has 2 heterocycles. The third-order valence-electron chi connectivity index (χ3n) is 3.05. The number of carbonyl (C=O) groups is 1. The lowest BCUT2D eigenvalue weighted by molar-refractivity contribution is 0.0949. The molecule has 0 fully saturated rings. The number of carbonyl (C=O) groups excluding carboxylic acids is 1. The summed E-state index contributed by atoms with van der Waals surface area (Å²) in [6.07, 6.45) is 4.29. The van der Waals surface area contributed by atoms with Crippen molar-refractivity contribution < 1.29 is 9.53 Å². The first-order chi connectivity index (χ1) is 9.72. The van der Waals surface area contributed by atoms with Crippen LogP contribution >= 0.6 is 0 Å². The Balaban J connectivity index is 1.89. The van der Waals surface area contributed by atoms with E-state index in [1.54, 1.807) is 25.7 Å². The number of aromatic amines is 1. The smallest absolute Gasteiger partial charge is 0.253 e. The summed E-state index contributed by atoms with van der Waals surface area (Å²) in [6.45, 7) is 3.68. The molecule has 0 aliphatic rings. The molecule has 7 nitrogen and oxygen atoms in total. The molecular weight excluding hydrogens is 258 g/mol. The molecule has 2 N–H and O–H groups in total. The summed E-state index contributed by atoms with van der Waals surface area (Å²) in [4.78, 5) is 15.0. The molecule has 0 saturated carbocycles. The minimum Gasteiger partial charge on any atom is -0.385 e. The Hall–Kier alpha value is -2.15. The molecular formula is C13H19N5O2. The lowest BCUT2D eigenvalue weighted by Gasteiger charge is -2.07. The largest absolute Gasteiger partial charge is 0.385 e. The van der Waals surface area contributed by atoms with Gasteiger partial charge in [-0.05, 0) is 19.4 Å². The highest BCUT2D eigenvalue weighted by atomic mass is 16.5. The minimum absolute atomic E-state index is 0.116. The normalized spacial score (nSPS) is 10.7. The molecule has 1 amide bonds. The van der Waals surface area contributed by atoms with Crippen LogP contribution in [0.25, 0.3) is 0 Å². The van der Waals surface area contributed by atoms with Crippen LogP contribution in [0, 0.1) is 6.92 Å². The van der Waals surface area contributed by atoms with Gasteiger partial charge in [0.2, 0.25) is 0 Å². The van der Waals surface area contributed by atoms with E-state index in [0.717, 1.165) is 24.5 Å². The summed E-state index contributed by atoms with van der Waals surface area (Å²) in [5, 5.41) is 10.7. The Morgan fingerprint density at radius 2 is 2.40 bits per heavy atom. The molecule has 0 bridgehead atoms. The fraction of sp³-hybridized carbons (Fsp3) is 0.462. The number of aryl methyl sites for hydroxylation is 2. The first kappa shape index (κ1) is 14.3. The maximum absolute atomic E-state index is 12.0. The van der Waals surface area contributed by atoms with Crippen LogP contribution in [0.5, 0.6) is 0 Å².